The van der Waals surface area contributed by atoms with Crippen LogP contribution in [0.2, 0.25) is 0 Å². The zero-order chi connectivity index (χ0) is 23.5. The predicted octanol–water partition coefficient (Wildman–Crippen LogP) is 2.15. The van der Waals surface area contributed by atoms with Gasteiger partial charge in [0, 0.05) is 24.1 Å². The van der Waals surface area contributed by atoms with E-state index in [-0.39, 0.29) is 48.7 Å². The highest BCUT2D eigenvalue weighted by Gasteiger charge is 2.22. The monoisotopic (exact) mass is 456 g/mol. The van der Waals surface area contributed by atoms with Gasteiger partial charge in [0.2, 0.25) is 5.82 Å². The molecule has 0 saturated heterocycles. The Bertz CT molecular complexity index is 955. The number of aliphatic hydroxyl groups is 1. The number of ether oxygens (including phenoxy) is 5. The number of hydrogen-bond donors (Lipinski definition) is 1. The molecule has 178 valence electrons. The third kappa shape index (κ3) is 6.99. The van der Waals surface area contributed by atoms with Crippen LogP contribution in [0.25, 0.3) is 11.0 Å². The largest absolute Gasteiger partial charge is 0.491 e. The first-order valence-electron chi connectivity index (χ1n) is 10.3. The third-order valence-electron chi connectivity index (χ3n) is 4.46. The van der Waals surface area contributed by atoms with Gasteiger partial charge in [-0.15, -0.1) is 0 Å². The summed E-state index contributed by atoms with van der Waals surface area (Å²) in [6.07, 6.45) is 0.432. The minimum absolute atomic E-state index is 0.0227. The fourth-order valence-corrected chi connectivity index (χ4v) is 3.03. The molecule has 0 spiro atoms. The van der Waals surface area contributed by atoms with Crippen molar-refractivity contribution in [2.45, 2.75) is 27.2 Å². The maximum absolute atomic E-state index is 14.1. The molecule has 2 aromatic rings. The predicted molar refractivity (Wildman–Crippen MR) is 113 cm³/mol. The van der Waals surface area contributed by atoms with E-state index in [4.69, 9.17) is 33.2 Å². The summed E-state index contributed by atoms with van der Waals surface area (Å²) in [6.45, 7) is 6.74. The third-order valence-corrected chi connectivity index (χ3v) is 4.46. The van der Waals surface area contributed by atoms with Crippen LogP contribution >= 0.6 is 0 Å². The van der Waals surface area contributed by atoms with Gasteiger partial charge in [-0.3, -0.25) is 4.79 Å². The minimum atomic E-state index is -1.11. The van der Waals surface area contributed by atoms with Crippen molar-refractivity contribution < 1.29 is 42.4 Å². The maximum atomic E-state index is 14.1. The smallest absolute Gasteiger partial charge is 0.372 e. The Morgan fingerprint density at radius 1 is 1.06 bits per heavy atom. The van der Waals surface area contributed by atoms with E-state index < -0.39 is 17.4 Å². The van der Waals surface area contributed by atoms with Gasteiger partial charge >= 0.3 is 11.6 Å². The van der Waals surface area contributed by atoms with Crippen molar-refractivity contribution in [2.75, 3.05) is 52.9 Å². The van der Waals surface area contributed by atoms with Crippen molar-refractivity contribution in [2.24, 2.45) is 0 Å². The summed E-state index contributed by atoms with van der Waals surface area (Å²) in [6, 6.07) is 1.49. The van der Waals surface area contributed by atoms with Gasteiger partial charge in [0.1, 0.15) is 23.7 Å². The van der Waals surface area contributed by atoms with Crippen LogP contribution in [0.5, 0.6) is 11.5 Å². The first-order chi connectivity index (χ1) is 15.4. The van der Waals surface area contributed by atoms with Crippen molar-refractivity contribution >= 4 is 16.9 Å². The minimum Gasteiger partial charge on any atom is -0.491 e. The van der Waals surface area contributed by atoms with Crippen LogP contribution < -0.4 is 15.1 Å². The molecule has 9 nitrogen and oxygen atoms in total. The lowest BCUT2D eigenvalue weighted by Crippen LogP contribution is -2.14. The zero-order valence-corrected chi connectivity index (χ0v) is 18.5. The van der Waals surface area contributed by atoms with Gasteiger partial charge in [0.05, 0.1) is 51.6 Å². The molecule has 0 amide bonds. The molecule has 0 radical (unpaired) electrons. The lowest BCUT2D eigenvalue weighted by Gasteiger charge is -2.17. The molecule has 0 unspecified atom stereocenters. The first kappa shape index (κ1) is 25.7. The van der Waals surface area contributed by atoms with Gasteiger partial charge in [-0.05, 0) is 13.3 Å². The summed E-state index contributed by atoms with van der Waals surface area (Å²) in [5.41, 5.74) is -0.451. The van der Waals surface area contributed by atoms with E-state index in [9.17, 15) is 14.0 Å². The van der Waals surface area contributed by atoms with E-state index in [1.807, 2.05) is 6.92 Å². The number of aliphatic hydroxyl groups excluding tert-OH is 1. The fraction of sp³-hybridized carbons (Fsp3) is 0.545. The van der Waals surface area contributed by atoms with Gasteiger partial charge in [0.15, 0.2) is 0 Å². The number of carbonyl (C=O) groups excluding carboxylic acids is 1. The molecule has 1 aromatic heterocycles. The van der Waals surface area contributed by atoms with E-state index in [1.165, 1.54) is 19.9 Å². The normalized spacial score (nSPS) is 11.2. The summed E-state index contributed by atoms with van der Waals surface area (Å²) < 4.78 is 46.2. The second kappa shape index (κ2) is 13.1. The topological polar surface area (TPSA) is 114 Å². The van der Waals surface area contributed by atoms with Gasteiger partial charge < -0.3 is 33.2 Å². The Labute approximate surface area is 185 Å². The van der Waals surface area contributed by atoms with Gasteiger partial charge in [-0.1, -0.05) is 6.92 Å². The number of fused-ring (bicyclic) bond motifs is 1. The van der Waals surface area contributed by atoms with Crippen LogP contribution in [0.3, 0.4) is 0 Å². The van der Waals surface area contributed by atoms with Gasteiger partial charge in [-0.25, -0.2) is 4.79 Å². The molecular formula is C22H29FO9. The Kier molecular flexibility index (Phi) is 10.5. The standard InChI is InChI=1S/C22H29FO9/c1-4-16-17(30-12-11-29-10-9-28-8-7-27-6-5-24)13-18-19(21(16)31-15(3)25)14(2)20(23)22(26)32-18/h13,24H,4-12H2,1-3H3. The molecule has 2 rings (SSSR count). The summed E-state index contributed by atoms with van der Waals surface area (Å²) in [7, 11) is 0. The van der Waals surface area contributed by atoms with Gasteiger partial charge in [-0.2, -0.15) is 4.39 Å². The number of esters is 1. The SMILES string of the molecule is CCc1c(OCCOCCOCCOCCO)cc2oc(=O)c(F)c(C)c2c1OC(C)=O. The molecule has 0 aliphatic heterocycles. The van der Waals surface area contributed by atoms with E-state index in [2.05, 4.69) is 0 Å². The highest BCUT2D eigenvalue weighted by molar-refractivity contribution is 5.92. The van der Waals surface area contributed by atoms with Crippen molar-refractivity contribution in [3.63, 3.8) is 0 Å². The lowest BCUT2D eigenvalue weighted by atomic mass is 10.0. The second-order valence-electron chi connectivity index (χ2n) is 6.74. The van der Waals surface area contributed by atoms with E-state index in [1.54, 1.807) is 0 Å². The molecule has 0 fully saturated rings. The molecular weight excluding hydrogens is 427 g/mol. The maximum Gasteiger partial charge on any atom is 0.372 e. The molecule has 10 heteroatoms. The molecule has 1 N–H and O–H groups in total. The Hall–Kier alpha value is -2.53. The highest BCUT2D eigenvalue weighted by atomic mass is 19.1. The van der Waals surface area contributed by atoms with E-state index >= 15 is 0 Å². The molecule has 0 aliphatic carbocycles. The van der Waals surface area contributed by atoms with Crippen LogP contribution in [0.15, 0.2) is 15.3 Å². The molecule has 0 atom stereocenters. The Morgan fingerprint density at radius 3 is 2.22 bits per heavy atom. The quantitative estimate of drug-likeness (QED) is 0.198. The first-order valence-corrected chi connectivity index (χ1v) is 10.3. The zero-order valence-electron chi connectivity index (χ0n) is 18.5. The summed E-state index contributed by atoms with van der Waals surface area (Å²) in [4.78, 5) is 23.4. The fourth-order valence-electron chi connectivity index (χ4n) is 3.03. The molecule has 0 aliphatic rings. The van der Waals surface area contributed by atoms with Crippen LogP contribution in [-0.4, -0.2) is 63.9 Å². The second-order valence-corrected chi connectivity index (χ2v) is 6.74. The molecule has 1 heterocycles. The summed E-state index contributed by atoms with van der Waals surface area (Å²) in [5, 5.41) is 8.81. The number of halogens is 1. The number of aryl methyl sites for hydroxylation is 1. The molecule has 0 saturated carbocycles. The molecule has 32 heavy (non-hydrogen) atoms. The van der Waals surface area contributed by atoms with Gasteiger partial charge in [0.25, 0.3) is 0 Å². The molecule has 0 bridgehead atoms. The summed E-state index contributed by atoms with van der Waals surface area (Å²) in [5.74, 6) is -1.15. The molecule has 1 aromatic carbocycles. The number of benzene rings is 1. The number of carbonyl (C=O) groups is 1. The van der Waals surface area contributed by atoms with Crippen molar-refractivity contribution in [3.8, 4) is 11.5 Å². The van der Waals surface area contributed by atoms with Crippen molar-refractivity contribution in [1.82, 2.24) is 0 Å². The average molecular weight is 456 g/mol. The highest BCUT2D eigenvalue weighted by Crippen LogP contribution is 2.39. The van der Waals surface area contributed by atoms with Crippen molar-refractivity contribution in [1.29, 1.82) is 0 Å². The summed E-state index contributed by atoms with van der Waals surface area (Å²) >= 11 is 0. The Balaban J connectivity index is 2.03. The number of hydrogen-bond acceptors (Lipinski definition) is 9. The number of rotatable bonds is 14. The van der Waals surface area contributed by atoms with Crippen molar-refractivity contribution in [3.05, 3.63) is 33.4 Å². The Morgan fingerprint density at radius 2 is 1.66 bits per heavy atom. The van der Waals surface area contributed by atoms with E-state index in [0.29, 0.717) is 44.2 Å². The lowest BCUT2D eigenvalue weighted by molar-refractivity contribution is -0.131. The average Bonchev–Trinajstić information content (AvgIpc) is 2.75. The van der Waals surface area contributed by atoms with Crippen LogP contribution in [0, 0.1) is 12.7 Å². The van der Waals surface area contributed by atoms with Crippen LogP contribution in [0.4, 0.5) is 4.39 Å². The van der Waals surface area contributed by atoms with E-state index in [0.717, 1.165) is 0 Å². The van der Waals surface area contributed by atoms with Crippen LogP contribution in [-0.2, 0) is 25.4 Å². The van der Waals surface area contributed by atoms with Crippen LogP contribution in [0.1, 0.15) is 25.0 Å².